The van der Waals surface area contributed by atoms with Gasteiger partial charge in [0, 0.05) is 0 Å². The fraction of sp³-hybridized carbons (Fsp3) is 0.222. The third kappa shape index (κ3) is 3.10. The monoisotopic (exact) mass is 312 g/mol. The van der Waals surface area contributed by atoms with E-state index in [4.69, 9.17) is 4.74 Å². The Morgan fingerprint density at radius 2 is 1.09 bits per heavy atom. The van der Waals surface area contributed by atoms with Crippen LogP contribution in [0, 0.1) is 0 Å². The number of epoxide rings is 1. The van der Waals surface area contributed by atoms with Crippen LogP contribution in [0.2, 0.25) is 0 Å². The normalized spacial score (nSPS) is 19.0. The highest BCUT2D eigenvalue weighted by atomic mass is 16.6. The summed E-state index contributed by atoms with van der Waals surface area (Å²) < 4.78 is 15.1. The van der Waals surface area contributed by atoms with Crippen molar-refractivity contribution in [1.29, 1.82) is 0 Å². The molecule has 2 atom stereocenters. The van der Waals surface area contributed by atoms with Crippen LogP contribution in [0.3, 0.4) is 0 Å². The molecule has 0 saturated carbocycles. The van der Waals surface area contributed by atoms with E-state index in [9.17, 15) is 9.59 Å². The molecule has 0 aliphatic carbocycles. The van der Waals surface area contributed by atoms with E-state index in [1.807, 2.05) is 24.3 Å². The van der Waals surface area contributed by atoms with Crippen LogP contribution in [0.25, 0.3) is 0 Å². The first-order valence-corrected chi connectivity index (χ1v) is 7.16. The summed E-state index contributed by atoms with van der Waals surface area (Å²) in [5.41, 5.74) is 3.02. The summed E-state index contributed by atoms with van der Waals surface area (Å²) in [6.45, 7) is 0. The number of benzene rings is 2. The molecule has 0 bridgehead atoms. The SMILES string of the molecule is COC(=O)c1ccc([C@@H]2O[C@H]2c2ccc(C(=O)OC)cc2)cc1. The van der Waals surface area contributed by atoms with Gasteiger partial charge >= 0.3 is 11.9 Å². The van der Waals surface area contributed by atoms with E-state index in [0.29, 0.717) is 11.1 Å². The highest BCUT2D eigenvalue weighted by Crippen LogP contribution is 2.50. The molecule has 0 amide bonds. The van der Waals surface area contributed by atoms with Crippen molar-refractivity contribution >= 4 is 11.9 Å². The lowest BCUT2D eigenvalue weighted by Gasteiger charge is -2.02. The molecule has 23 heavy (non-hydrogen) atoms. The Hall–Kier alpha value is -2.66. The van der Waals surface area contributed by atoms with Crippen LogP contribution in [0.4, 0.5) is 0 Å². The zero-order chi connectivity index (χ0) is 16.4. The van der Waals surface area contributed by atoms with Crippen molar-refractivity contribution in [2.24, 2.45) is 0 Å². The van der Waals surface area contributed by atoms with Crippen LogP contribution in [0.5, 0.6) is 0 Å². The molecule has 5 heteroatoms. The molecule has 3 rings (SSSR count). The number of rotatable bonds is 4. The van der Waals surface area contributed by atoms with Gasteiger partial charge < -0.3 is 14.2 Å². The summed E-state index contributed by atoms with van der Waals surface area (Å²) >= 11 is 0. The van der Waals surface area contributed by atoms with E-state index >= 15 is 0 Å². The van der Waals surface area contributed by atoms with Crippen molar-refractivity contribution in [3.63, 3.8) is 0 Å². The maximum absolute atomic E-state index is 11.4. The van der Waals surface area contributed by atoms with Gasteiger partial charge in [-0.05, 0) is 35.4 Å². The first-order chi connectivity index (χ1) is 11.1. The average molecular weight is 312 g/mol. The van der Waals surface area contributed by atoms with Crippen molar-refractivity contribution in [1.82, 2.24) is 0 Å². The van der Waals surface area contributed by atoms with Gasteiger partial charge in [0.25, 0.3) is 0 Å². The van der Waals surface area contributed by atoms with Crippen molar-refractivity contribution < 1.29 is 23.8 Å². The minimum atomic E-state index is -0.358. The summed E-state index contributed by atoms with van der Waals surface area (Å²) in [6.07, 6.45) is -0.0728. The maximum Gasteiger partial charge on any atom is 0.337 e. The molecular formula is C18H16O5. The predicted molar refractivity (Wildman–Crippen MR) is 82.1 cm³/mol. The lowest BCUT2D eigenvalue weighted by molar-refractivity contribution is 0.0592. The van der Waals surface area contributed by atoms with Gasteiger partial charge in [-0.25, -0.2) is 9.59 Å². The van der Waals surface area contributed by atoms with Crippen LogP contribution >= 0.6 is 0 Å². The molecule has 2 aromatic carbocycles. The molecule has 0 spiro atoms. The van der Waals surface area contributed by atoms with Gasteiger partial charge in [0.15, 0.2) is 0 Å². The third-order valence-corrected chi connectivity index (χ3v) is 3.81. The van der Waals surface area contributed by atoms with Gasteiger partial charge in [-0.3, -0.25) is 0 Å². The number of methoxy groups -OCH3 is 2. The number of esters is 2. The van der Waals surface area contributed by atoms with E-state index in [2.05, 4.69) is 9.47 Å². The number of ether oxygens (including phenoxy) is 3. The first-order valence-electron chi connectivity index (χ1n) is 7.16. The quantitative estimate of drug-likeness (QED) is 0.641. The molecule has 0 radical (unpaired) electrons. The molecule has 0 aromatic heterocycles. The largest absolute Gasteiger partial charge is 0.465 e. The Morgan fingerprint density at radius 1 is 0.739 bits per heavy atom. The zero-order valence-corrected chi connectivity index (χ0v) is 12.8. The molecular weight excluding hydrogens is 296 g/mol. The number of hydrogen-bond donors (Lipinski definition) is 0. The van der Waals surface area contributed by atoms with Crippen LogP contribution in [0.1, 0.15) is 44.1 Å². The van der Waals surface area contributed by atoms with Crippen LogP contribution < -0.4 is 0 Å². The second kappa shape index (κ2) is 6.22. The van der Waals surface area contributed by atoms with Crippen molar-refractivity contribution in [3.05, 3.63) is 70.8 Å². The Labute approximate surface area is 133 Å². The van der Waals surface area contributed by atoms with Crippen LogP contribution in [0.15, 0.2) is 48.5 Å². The van der Waals surface area contributed by atoms with Crippen LogP contribution in [-0.2, 0) is 14.2 Å². The molecule has 0 unspecified atom stereocenters. The van der Waals surface area contributed by atoms with E-state index in [-0.39, 0.29) is 24.1 Å². The minimum Gasteiger partial charge on any atom is -0.465 e. The molecule has 0 N–H and O–H groups in total. The van der Waals surface area contributed by atoms with Crippen LogP contribution in [-0.4, -0.2) is 26.2 Å². The third-order valence-electron chi connectivity index (χ3n) is 3.81. The topological polar surface area (TPSA) is 65.1 Å². The van der Waals surface area contributed by atoms with Gasteiger partial charge in [0.05, 0.1) is 25.3 Å². The molecule has 2 aromatic rings. The molecule has 1 fully saturated rings. The maximum atomic E-state index is 11.4. The average Bonchev–Trinajstić information content (AvgIpc) is 3.41. The number of carbonyl (C=O) groups excluding carboxylic acids is 2. The summed E-state index contributed by atoms with van der Waals surface area (Å²) in [5.74, 6) is -0.716. The predicted octanol–water partition coefficient (Wildman–Crippen LogP) is 3.07. The van der Waals surface area contributed by atoms with Crippen molar-refractivity contribution in [2.75, 3.05) is 14.2 Å². The highest BCUT2D eigenvalue weighted by Gasteiger charge is 2.41. The lowest BCUT2D eigenvalue weighted by Crippen LogP contribution is -2.01. The van der Waals surface area contributed by atoms with E-state index in [0.717, 1.165) is 11.1 Å². The van der Waals surface area contributed by atoms with Crippen molar-refractivity contribution in [3.8, 4) is 0 Å². The molecule has 1 aliphatic heterocycles. The fourth-order valence-corrected chi connectivity index (χ4v) is 2.47. The Bertz CT molecular complexity index is 655. The van der Waals surface area contributed by atoms with Gasteiger partial charge in [0.1, 0.15) is 12.2 Å². The molecule has 1 saturated heterocycles. The molecule has 1 heterocycles. The van der Waals surface area contributed by atoms with Gasteiger partial charge in [-0.2, -0.15) is 0 Å². The Balaban J connectivity index is 1.69. The lowest BCUT2D eigenvalue weighted by atomic mass is 10.0. The Kier molecular flexibility index (Phi) is 4.12. The van der Waals surface area contributed by atoms with Gasteiger partial charge in [-0.1, -0.05) is 24.3 Å². The summed E-state index contributed by atoms with van der Waals surface area (Å²) in [4.78, 5) is 22.8. The summed E-state index contributed by atoms with van der Waals surface area (Å²) in [5, 5.41) is 0. The van der Waals surface area contributed by atoms with E-state index in [1.165, 1.54) is 14.2 Å². The fourth-order valence-electron chi connectivity index (χ4n) is 2.47. The van der Waals surface area contributed by atoms with E-state index < -0.39 is 0 Å². The minimum absolute atomic E-state index is 0.0364. The summed E-state index contributed by atoms with van der Waals surface area (Å²) in [6, 6.07) is 14.3. The number of hydrogen-bond acceptors (Lipinski definition) is 5. The van der Waals surface area contributed by atoms with Gasteiger partial charge in [0.2, 0.25) is 0 Å². The zero-order valence-electron chi connectivity index (χ0n) is 12.8. The molecule has 118 valence electrons. The second-order valence-electron chi connectivity index (χ2n) is 5.20. The Morgan fingerprint density at radius 3 is 1.39 bits per heavy atom. The first kappa shape index (κ1) is 15.2. The smallest absolute Gasteiger partial charge is 0.337 e. The van der Waals surface area contributed by atoms with Crippen molar-refractivity contribution in [2.45, 2.75) is 12.2 Å². The van der Waals surface area contributed by atoms with Gasteiger partial charge in [-0.15, -0.1) is 0 Å². The molecule has 5 nitrogen and oxygen atoms in total. The van der Waals surface area contributed by atoms with E-state index in [1.54, 1.807) is 24.3 Å². The standard InChI is InChI=1S/C18H16O5/c1-21-17(19)13-7-3-11(4-8-13)15-16(23-15)12-5-9-14(10-6-12)18(20)22-2/h3-10,15-16H,1-2H3/t15-,16-/m0/s1. The molecule has 1 aliphatic rings. The highest BCUT2D eigenvalue weighted by molar-refractivity contribution is 5.89. The summed E-state index contributed by atoms with van der Waals surface area (Å²) in [7, 11) is 2.71. The number of carbonyl (C=O) groups is 2. The second-order valence-corrected chi connectivity index (χ2v) is 5.20.